The van der Waals surface area contributed by atoms with Crippen molar-refractivity contribution in [1.29, 1.82) is 0 Å². The zero-order chi connectivity index (χ0) is 17.8. The van der Waals surface area contributed by atoms with Crippen LogP contribution in [0.2, 0.25) is 0 Å². The summed E-state index contributed by atoms with van der Waals surface area (Å²) in [7, 11) is 0. The number of phenols is 1. The number of para-hydroxylation sites is 1. The highest BCUT2D eigenvalue weighted by Gasteiger charge is 2.53. The Labute approximate surface area is 151 Å². The van der Waals surface area contributed by atoms with Gasteiger partial charge in [-0.3, -0.25) is 4.79 Å². The quantitative estimate of drug-likeness (QED) is 0.722. The SMILES string of the molecule is O=C(O)C1C2c3ccccc3C(c3ccccc32)C1c1ccccc1O. The van der Waals surface area contributed by atoms with E-state index in [1.165, 1.54) is 11.1 Å². The van der Waals surface area contributed by atoms with Gasteiger partial charge in [0.1, 0.15) is 5.75 Å². The van der Waals surface area contributed by atoms with E-state index in [9.17, 15) is 15.0 Å². The number of hydrogen-bond acceptors (Lipinski definition) is 2. The van der Waals surface area contributed by atoms with Crippen molar-refractivity contribution in [3.8, 4) is 5.75 Å². The smallest absolute Gasteiger partial charge is 0.308 e. The lowest BCUT2D eigenvalue weighted by atomic mass is 9.53. The summed E-state index contributed by atoms with van der Waals surface area (Å²) < 4.78 is 0. The van der Waals surface area contributed by atoms with E-state index >= 15 is 0 Å². The fourth-order valence-electron chi connectivity index (χ4n) is 5.12. The van der Waals surface area contributed by atoms with E-state index in [4.69, 9.17) is 0 Å². The van der Waals surface area contributed by atoms with Gasteiger partial charge in [0.25, 0.3) is 0 Å². The minimum absolute atomic E-state index is 0.0678. The van der Waals surface area contributed by atoms with Gasteiger partial charge in [-0.05, 0) is 33.9 Å². The molecule has 0 radical (unpaired) electrons. The van der Waals surface area contributed by atoms with E-state index in [1.807, 2.05) is 36.4 Å². The molecule has 2 atom stereocenters. The summed E-state index contributed by atoms with van der Waals surface area (Å²) in [5.41, 5.74) is 5.30. The van der Waals surface area contributed by atoms with Gasteiger partial charge in [-0.25, -0.2) is 0 Å². The summed E-state index contributed by atoms with van der Waals surface area (Å²) in [6.45, 7) is 0. The van der Waals surface area contributed by atoms with Crippen LogP contribution in [0.15, 0.2) is 72.8 Å². The van der Waals surface area contributed by atoms with Gasteiger partial charge in [-0.1, -0.05) is 66.7 Å². The monoisotopic (exact) mass is 342 g/mol. The molecule has 3 aliphatic rings. The molecule has 3 aliphatic carbocycles. The Hall–Kier alpha value is -3.07. The van der Waals surface area contributed by atoms with Crippen molar-refractivity contribution in [3.05, 3.63) is 101 Å². The molecule has 3 nitrogen and oxygen atoms in total. The number of benzene rings is 3. The number of carbonyl (C=O) groups is 1. The maximum absolute atomic E-state index is 12.4. The van der Waals surface area contributed by atoms with E-state index in [-0.39, 0.29) is 23.5 Å². The Morgan fingerprint density at radius 1 is 0.654 bits per heavy atom. The Kier molecular flexibility index (Phi) is 3.20. The lowest BCUT2D eigenvalue weighted by Crippen LogP contribution is -2.42. The molecule has 128 valence electrons. The predicted molar refractivity (Wildman–Crippen MR) is 98.5 cm³/mol. The third-order valence-electron chi connectivity index (χ3n) is 6.02. The van der Waals surface area contributed by atoms with E-state index in [2.05, 4.69) is 24.3 Å². The van der Waals surface area contributed by atoms with Crippen molar-refractivity contribution >= 4 is 5.97 Å². The Bertz CT molecular complexity index is 976. The molecule has 0 aliphatic heterocycles. The summed E-state index contributed by atoms with van der Waals surface area (Å²) in [6.07, 6.45) is 0. The predicted octanol–water partition coefficient (Wildman–Crippen LogP) is 4.47. The zero-order valence-electron chi connectivity index (χ0n) is 14.0. The highest BCUT2D eigenvalue weighted by Crippen LogP contribution is 2.62. The Morgan fingerprint density at radius 3 is 1.54 bits per heavy atom. The van der Waals surface area contributed by atoms with Crippen LogP contribution in [-0.4, -0.2) is 16.2 Å². The summed E-state index contributed by atoms with van der Waals surface area (Å²) in [5, 5.41) is 20.6. The lowest BCUT2D eigenvalue weighted by Gasteiger charge is -2.49. The summed E-state index contributed by atoms with van der Waals surface area (Å²) in [5.74, 6) is -1.79. The van der Waals surface area contributed by atoms with Gasteiger partial charge < -0.3 is 10.2 Å². The first kappa shape index (κ1) is 15.2. The standard InChI is InChI=1S/C23H18O3/c24-18-12-6-5-11-17(18)21-19-13-7-1-3-9-15(13)20(22(21)23(25)26)16-10-4-2-8-14(16)19/h1-12,19-22,24H,(H,25,26). The molecule has 6 rings (SSSR count). The molecule has 3 heteroatoms. The highest BCUT2D eigenvalue weighted by molar-refractivity contribution is 5.78. The van der Waals surface area contributed by atoms with Gasteiger partial charge in [-0.2, -0.15) is 0 Å². The Balaban J connectivity index is 1.85. The molecule has 26 heavy (non-hydrogen) atoms. The molecule has 0 amide bonds. The van der Waals surface area contributed by atoms with Crippen LogP contribution in [0.5, 0.6) is 5.75 Å². The number of phenolic OH excluding ortho intramolecular Hbond substituents is 1. The minimum atomic E-state index is -0.808. The Morgan fingerprint density at radius 2 is 1.08 bits per heavy atom. The molecule has 0 spiro atoms. The molecule has 2 N–H and O–H groups in total. The molecule has 3 aromatic carbocycles. The first-order valence-electron chi connectivity index (χ1n) is 8.87. The van der Waals surface area contributed by atoms with Gasteiger partial charge in [-0.15, -0.1) is 0 Å². The number of aliphatic carboxylic acids is 1. The maximum Gasteiger partial charge on any atom is 0.308 e. The molecular formula is C23H18O3. The molecule has 0 heterocycles. The first-order valence-corrected chi connectivity index (χ1v) is 8.87. The maximum atomic E-state index is 12.4. The molecular weight excluding hydrogens is 324 g/mol. The normalized spacial score (nSPS) is 25.4. The van der Waals surface area contributed by atoms with E-state index in [0.29, 0.717) is 0 Å². The summed E-state index contributed by atoms with van der Waals surface area (Å²) >= 11 is 0. The molecule has 0 fully saturated rings. The highest BCUT2D eigenvalue weighted by atomic mass is 16.4. The first-order chi connectivity index (χ1) is 12.7. The van der Waals surface area contributed by atoms with Crippen LogP contribution in [0.4, 0.5) is 0 Å². The number of rotatable bonds is 2. The zero-order valence-corrected chi connectivity index (χ0v) is 14.0. The second kappa shape index (κ2) is 5.46. The lowest BCUT2D eigenvalue weighted by molar-refractivity contribution is -0.143. The van der Waals surface area contributed by atoms with Crippen LogP contribution in [0.3, 0.4) is 0 Å². The molecule has 3 aromatic rings. The number of aromatic hydroxyl groups is 1. The van der Waals surface area contributed by atoms with Crippen molar-refractivity contribution in [2.24, 2.45) is 5.92 Å². The van der Waals surface area contributed by atoms with Gasteiger partial charge in [0.15, 0.2) is 0 Å². The van der Waals surface area contributed by atoms with Gasteiger partial charge in [0.05, 0.1) is 5.92 Å². The van der Waals surface area contributed by atoms with Crippen LogP contribution >= 0.6 is 0 Å². The van der Waals surface area contributed by atoms with E-state index < -0.39 is 11.9 Å². The molecule has 0 saturated carbocycles. The minimum Gasteiger partial charge on any atom is -0.508 e. The fourth-order valence-corrected chi connectivity index (χ4v) is 5.12. The number of fused-ring (bicyclic) bond motifs is 1. The van der Waals surface area contributed by atoms with Crippen molar-refractivity contribution in [2.45, 2.75) is 17.8 Å². The van der Waals surface area contributed by atoms with Crippen LogP contribution in [0.25, 0.3) is 0 Å². The third-order valence-corrected chi connectivity index (χ3v) is 6.02. The fraction of sp³-hybridized carbons (Fsp3) is 0.174. The number of hydrogen-bond donors (Lipinski definition) is 2. The summed E-state index contributed by atoms with van der Waals surface area (Å²) in [4.78, 5) is 12.4. The van der Waals surface area contributed by atoms with E-state index in [0.717, 1.165) is 16.7 Å². The van der Waals surface area contributed by atoms with Crippen molar-refractivity contribution in [1.82, 2.24) is 0 Å². The van der Waals surface area contributed by atoms with Crippen LogP contribution in [-0.2, 0) is 4.79 Å². The average Bonchev–Trinajstić information content (AvgIpc) is 2.67. The van der Waals surface area contributed by atoms with Crippen LogP contribution in [0, 0.1) is 5.92 Å². The van der Waals surface area contributed by atoms with Gasteiger partial charge >= 0.3 is 5.97 Å². The van der Waals surface area contributed by atoms with E-state index in [1.54, 1.807) is 12.1 Å². The number of carboxylic acids is 1. The van der Waals surface area contributed by atoms with Crippen LogP contribution in [0.1, 0.15) is 45.6 Å². The number of carboxylic acid groups (broad SMARTS) is 1. The van der Waals surface area contributed by atoms with Crippen molar-refractivity contribution in [3.63, 3.8) is 0 Å². The largest absolute Gasteiger partial charge is 0.508 e. The topological polar surface area (TPSA) is 57.5 Å². The van der Waals surface area contributed by atoms with Gasteiger partial charge in [0.2, 0.25) is 0 Å². The molecule has 0 aromatic heterocycles. The summed E-state index contributed by atoms with van der Waals surface area (Å²) in [6, 6.07) is 23.5. The molecule has 2 unspecified atom stereocenters. The second-order valence-electron chi connectivity index (χ2n) is 7.16. The average molecular weight is 342 g/mol. The molecule has 0 saturated heterocycles. The third kappa shape index (κ3) is 1.91. The molecule has 2 bridgehead atoms. The second-order valence-corrected chi connectivity index (χ2v) is 7.16. The van der Waals surface area contributed by atoms with Crippen molar-refractivity contribution in [2.75, 3.05) is 0 Å². The van der Waals surface area contributed by atoms with Crippen LogP contribution < -0.4 is 0 Å². The van der Waals surface area contributed by atoms with Crippen molar-refractivity contribution < 1.29 is 15.0 Å². The van der Waals surface area contributed by atoms with Gasteiger partial charge in [0, 0.05) is 17.8 Å².